The van der Waals surface area contributed by atoms with Gasteiger partial charge in [-0.15, -0.1) is 0 Å². The van der Waals surface area contributed by atoms with Crippen molar-refractivity contribution in [3.8, 4) is 5.75 Å². The van der Waals surface area contributed by atoms with E-state index in [1.807, 2.05) is 25.2 Å². The molecule has 3 nitrogen and oxygen atoms in total. The molecule has 0 spiro atoms. The van der Waals surface area contributed by atoms with Crippen LogP contribution in [-0.2, 0) is 12.8 Å². The second kappa shape index (κ2) is 5.86. The number of ether oxygens (including phenoxy) is 1. The molecule has 2 aromatic rings. The molecule has 0 bridgehead atoms. The van der Waals surface area contributed by atoms with E-state index in [9.17, 15) is 0 Å². The summed E-state index contributed by atoms with van der Waals surface area (Å²) < 4.78 is 5.54. The highest BCUT2D eigenvalue weighted by Gasteiger charge is 2.12. The van der Waals surface area contributed by atoms with Gasteiger partial charge in [0, 0.05) is 25.0 Å². The monoisotopic (exact) mass is 302 g/mol. The lowest BCUT2D eigenvalue weighted by Crippen LogP contribution is -2.21. The van der Waals surface area contributed by atoms with Crippen molar-refractivity contribution in [2.75, 3.05) is 30.8 Å². The van der Waals surface area contributed by atoms with Crippen LogP contribution in [0.5, 0.6) is 5.75 Å². The van der Waals surface area contributed by atoms with Crippen LogP contribution in [0, 0.1) is 0 Å². The number of hydrogen-bond donors (Lipinski definition) is 1. The number of likely N-dealkylation sites (N-methyl/N-ethyl adjacent to an activating group) is 1. The van der Waals surface area contributed by atoms with Gasteiger partial charge in [0.2, 0.25) is 0 Å². The highest BCUT2D eigenvalue weighted by atomic mass is 35.5. The third kappa shape index (κ3) is 3.08. The molecule has 1 aliphatic heterocycles. The van der Waals surface area contributed by atoms with Crippen LogP contribution in [0.4, 0.5) is 11.4 Å². The molecule has 0 amide bonds. The third-order valence-electron chi connectivity index (χ3n) is 3.89. The fourth-order valence-corrected chi connectivity index (χ4v) is 2.83. The summed E-state index contributed by atoms with van der Waals surface area (Å²) in [5, 5.41) is 0.709. The molecule has 0 aromatic heterocycles. The first-order valence-corrected chi connectivity index (χ1v) is 7.52. The maximum atomic E-state index is 6.05. The second-order valence-electron chi connectivity index (χ2n) is 5.42. The summed E-state index contributed by atoms with van der Waals surface area (Å²) in [6.45, 7) is 1.70. The normalized spacial score (nSPS) is 12.9. The predicted molar refractivity (Wildman–Crippen MR) is 88.5 cm³/mol. The Kier molecular flexibility index (Phi) is 3.93. The molecule has 1 aliphatic rings. The molecule has 1 heterocycles. The van der Waals surface area contributed by atoms with Gasteiger partial charge in [-0.1, -0.05) is 23.7 Å². The van der Waals surface area contributed by atoms with Crippen molar-refractivity contribution in [3.63, 3.8) is 0 Å². The molecule has 4 heteroatoms. The number of fused-ring (bicyclic) bond motifs is 1. The predicted octanol–water partition coefficient (Wildman–Crippen LogP) is 3.54. The minimum Gasteiger partial charge on any atom is -0.493 e. The Morgan fingerprint density at radius 1 is 1.24 bits per heavy atom. The molecule has 0 radical (unpaired) electrons. The lowest BCUT2D eigenvalue weighted by molar-refractivity contribution is 0.357. The maximum absolute atomic E-state index is 6.05. The highest BCUT2D eigenvalue weighted by Crippen LogP contribution is 2.28. The molecular formula is C17H19ClN2O. The standard InChI is InChI=1S/C17H19ClN2O/c1-20(16-11-14(18)3-4-15(16)19)8-6-12-2-5-17-13(10-12)7-9-21-17/h2-5,10-11H,6-9,19H2,1H3. The summed E-state index contributed by atoms with van der Waals surface area (Å²) in [4.78, 5) is 2.14. The van der Waals surface area contributed by atoms with Crippen LogP contribution in [0.2, 0.25) is 5.02 Å². The van der Waals surface area contributed by atoms with Crippen LogP contribution >= 0.6 is 11.6 Å². The third-order valence-corrected chi connectivity index (χ3v) is 4.13. The van der Waals surface area contributed by atoms with E-state index in [2.05, 4.69) is 23.1 Å². The van der Waals surface area contributed by atoms with Gasteiger partial charge >= 0.3 is 0 Å². The number of nitrogen functional groups attached to an aromatic ring is 1. The number of nitrogens with two attached hydrogens (primary N) is 1. The van der Waals surface area contributed by atoms with Crippen LogP contribution in [0.1, 0.15) is 11.1 Å². The quantitative estimate of drug-likeness (QED) is 0.878. The van der Waals surface area contributed by atoms with E-state index >= 15 is 0 Å². The Morgan fingerprint density at radius 3 is 2.95 bits per heavy atom. The molecular weight excluding hydrogens is 284 g/mol. The van der Waals surface area contributed by atoms with Crippen LogP contribution in [0.3, 0.4) is 0 Å². The first kappa shape index (κ1) is 14.1. The van der Waals surface area contributed by atoms with Crippen molar-refractivity contribution in [2.45, 2.75) is 12.8 Å². The summed E-state index contributed by atoms with van der Waals surface area (Å²) in [6, 6.07) is 12.0. The van der Waals surface area contributed by atoms with Gasteiger partial charge in [0.05, 0.1) is 18.0 Å². The van der Waals surface area contributed by atoms with Gasteiger partial charge in [-0.3, -0.25) is 0 Å². The van der Waals surface area contributed by atoms with Crippen molar-refractivity contribution in [1.29, 1.82) is 0 Å². The Morgan fingerprint density at radius 2 is 2.10 bits per heavy atom. The van der Waals surface area contributed by atoms with Crippen molar-refractivity contribution in [2.24, 2.45) is 0 Å². The van der Waals surface area contributed by atoms with Gasteiger partial charge < -0.3 is 15.4 Å². The van der Waals surface area contributed by atoms with Crippen LogP contribution < -0.4 is 15.4 Å². The average Bonchev–Trinajstić information content (AvgIpc) is 2.94. The Labute approximate surface area is 130 Å². The van der Waals surface area contributed by atoms with Crippen molar-refractivity contribution in [1.82, 2.24) is 0 Å². The van der Waals surface area contributed by atoms with E-state index in [1.165, 1.54) is 11.1 Å². The van der Waals surface area contributed by atoms with E-state index < -0.39 is 0 Å². The lowest BCUT2D eigenvalue weighted by Gasteiger charge is -2.21. The van der Waals surface area contributed by atoms with Crippen molar-refractivity contribution in [3.05, 3.63) is 52.5 Å². The van der Waals surface area contributed by atoms with Gasteiger partial charge in [0.15, 0.2) is 0 Å². The first-order chi connectivity index (χ1) is 10.1. The smallest absolute Gasteiger partial charge is 0.122 e. The lowest BCUT2D eigenvalue weighted by atomic mass is 10.1. The van der Waals surface area contributed by atoms with E-state index in [0.29, 0.717) is 5.02 Å². The fourth-order valence-electron chi connectivity index (χ4n) is 2.66. The first-order valence-electron chi connectivity index (χ1n) is 7.14. The van der Waals surface area contributed by atoms with Gasteiger partial charge in [-0.2, -0.15) is 0 Å². The number of halogens is 1. The van der Waals surface area contributed by atoms with E-state index in [4.69, 9.17) is 22.1 Å². The minimum absolute atomic E-state index is 0.709. The second-order valence-corrected chi connectivity index (χ2v) is 5.85. The molecule has 0 saturated heterocycles. The molecule has 0 atom stereocenters. The SMILES string of the molecule is CN(CCc1ccc2c(c1)CCO2)c1cc(Cl)ccc1N. The molecule has 0 saturated carbocycles. The molecule has 110 valence electrons. The summed E-state index contributed by atoms with van der Waals surface area (Å²) in [5.74, 6) is 1.03. The number of nitrogens with zero attached hydrogens (tertiary/aromatic N) is 1. The topological polar surface area (TPSA) is 38.5 Å². The largest absolute Gasteiger partial charge is 0.493 e. The summed E-state index contributed by atoms with van der Waals surface area (Å²) in [6.07, 6.45) is 1.98. The molecule has 0 aliphatic carbocycles. The Bertz CT molecular complexity index is 657. The van der Waals surface area contributed by atoms with Gasteiger partial charge in [-0.25, -0.2) is 0 Å². The zero-order chi connectivity index (χ0) is 14.8. The number of rotatable bonds is 4. The fraction of sp³-hybridized carbons (Fsp3) is 0.294. The zero-order valence-corrected chi connectivity index (χ0v) is 12.9. The molecule has 2 N–H and O–H groups in total. The molecule has 21 heavy (non-hydrogen) atoms. The Balaban J connectivity index is 1.68. The number of hydrogen-bond acceptors (Lipinski definition) is 3. The van der Waals surface area contributed by atoms with E-state index in [1.54, 1.807) is 0 Å². The molecule has 2 aromatic carbocycles. The molecule has 3 rings (SSSR count). The van der Waals surface area contributed by atoms with E-state index in [0.717, 1.165) is 43.1 Å². The number of benzene rings is 2. The van der Waals surface area contributed by atoms with Crippen molar-refractivity contribution >= 4 is 23.0 Å². The Hall–Kier alpha value is -1.87. The summed E-state index contributed by atoms with van der Waals surface area (Å²) >= 11 is 6.05. The molecule has 0 unspecified atom stereocenters. The van der Waals surface area contributed by atoms with E-state index in [-0.39, 0.29) is 0 Å². The van der Waals surface area contributed by atoms with Gasteiger partial charge in [0.1, 0.15) is 5.75 Å². The van der Waals surface area contributed by atoms with Gasteiger partial charge in [-0.05, 0) is 41.8 Å². The average molecular weight is 303 g/mol. The molecule has 0 fully saturated rings. The highest BCUT2D eigenvalue weighted by molar-refractivity contribution is 6.31. The van der Waals surface area contributed by atoms with Crippen LogP contribution in [0.15, 0.2) is 36.4 Å². The van der Waals surface area contributed by atoms with Crippen LogP contribution in [0.25, 0.3) is 0 Å². The summed E-state index contributed by atoms with van der Waals surface area (Å²) in [5.41, 5.74) is 10.4. The summed E-state index contributed by atoms with van der Waals surface area (Å²) in [7, 11) is 2.04. The van der Waals surface area contributed by atoms with Crippen LogP contribution in [-0.4, -0.2) is 20.2 Å². The minimum atomic E-state index is 0.709. The zero-order valence-electron chi connectivity index (χ0n) is 12.1. The maximum Gasteiger partial charge on any atom is 0.122 e. The van der Waals surface area contributed by atoms with Gasteiger partial charge in [0.25, 0.3) is 0 Å². The number of anilines is 2. The van der Waals surface area contributed by atoms with Crippen molar-refractivity contribution < 1.29 is 4.74 Å².